The third-order valence-electron chi connectivity index (χ3n) is 3.74. The number of rotatable bonds is 7. The summed E-state index contributed by atoms with van der Waals surface area (Å²) in [5, 5.41) is 1.40. The predicted octanol–water partition coefficient (Wildman–Crippen LogP) is 3.67. The Labute approximate surface area is 123 Å². The number of carbonyl (C=O) groups is 1. The van der Waals surface area contributed by atoms with E-state index in [1.54, 1.807) is 6.92 Å². The van der Waals surface area contributed by atoms with Crippen LogP contribution in [0.3, 0.4) is 0 Å². The maximum atomic E-state index is 11.4. The number of hydrogen-bond donors (Lipinski definition) is 0. The van der Waals surface area contributed by atoms with Crippen LogP contribution in [0.4, 0.5) is 0 Å². The zero-order chi connectivity index (χ0) is 15.2. The SMILES string of the molecule is C=CC(CCOC(=O)C(=C)C)[Si](C)(C)c1ccccc1. The number of ether oxygens (including phenoxy) is 1. The molecule has 2 nitrogen and oxygen atoms in total. The number of carbonyl (C=O) groups excluding carboxylic acids is 1. The monoisotopic (exact) mass is 288 g/mol. The summed E-state index contributed by atoms with van der Waals surface area (Å²) >= 11 is 0. The summed E-state index contributed by atoms with van der Waals surface area (Å²) in [6, 6.07) is 10.5. The lowest BCUT2D eigenvalue weighted by atomic mass is 10.3. The van der Waals surface area contributed by atoms with Gasteiger partial charge in [0.05, 0.1) is 14.7 Å². The van der Waals surface area contributed by atoms with Crippen molar-refractivity contribution in [3.63, 3.8) is 0 Å². The lowest BCUT2D eigenvalue weighted by molar-refractivity contribution is -0.139. The minimum absolute atomic E-state index is 0.313. The van der Waals surface area contributed by atoms with Crippen molar-refractivity contribution >= 4 is 19.2 Å². The Balaban J connectivity index is 2.68. The summed E-state index contributed by atoms with van der Waals surface area (Å²) in [6.07, 6.45) is 2.82. The molecule has 0 spiro atoms. The average molecular weight is 288 g/mol. The molecular weight excluding hydrogens is 264 g/mol. The average Bonchev–Trinajstić information content (AvgIpc) is 2.43. The van der Waals surface area contributed by atoms with Crippen LogP contribution in [0.25, 0.3) is 0 Å². The lowest BCUT2D eigenvalue weighted by Gasteiger charge is -2.30. The Kier molecular flexibility index (Phi) is 5.96. The molecule has 0 N–H and O–H groups in total. The second-order valence-corrected chi connectivity index (χ2v) is 10.4. The van der Waals surface area contributed by atoms with Crippen LogP contribution in [-0.2, 0) is 9.53 Å². The minimum atomic E-state index is -1.64. The predicted molar refractivity (Wildman–Crippen MR) is 87.9 cm³/mol. The van der Waals surface area contributed by atoms with Gasteiger partial charge in [0.15, 0.2) is 0 Å². The maximum absolute atomic E-state index is 11.4. The summed E-state index contributed by atoms with van der Waals surface area (Å²) in [7, 11) is -1.64. The van der Waals surface area contributed by atoms with Crippen LogP contribution < -0.4 is 5.19 Å². The van der Waals surface area contributed by atoms with Crippen LogP contribution >= 0.6 is 0 Å². The number of hydrogen-bond acceptors (Lipinski definition) is 2. The molecule has 0 saturated carbocycles. The van der Waals surface area contributed by atoms with Crippen LogP contribution in [-0.4, -0.2) is 20.7 Å². The smallest absolute Gasteiger partial charge is 0.333 e. The molecule has 0 fully saturated rings. The third-order valence-corrected chi connectivity index (χ3v) is 7.94. The quantitative estimate of drug-likeness (QED) is 0.331. The van der Waals surface area contributed by atoms with Crippen LogP contribution in [0.1, 0.15) is 13.3 Å². The van der Waals surface area contributed by atoms with Gasteiger partial charge in [-0.25, -0.2) is 4.79 Å². The van der Waals surface area contributed by atoms with Gasteiger partial charge in [0.1, 0.15) is 0 Å². The molecule has 0 saturated heterocycles. The zero-order valence-corrected chi connectivity index (χ0v) is 13.7. The van der Waals surface area contributed by atoms with Gasteiger partial charge in [-0.2, -0.15) is 0 Å². The summed E-state index contributed by atoms with van der Waals surface area (Å²) in [4.78, 5) is 11.4. The molecule has 20 heavy (non-hydrogen) atoms. The topological polar surface area (TPSA) is 26.3 Å². The molecule has 0 radical (unpaired) electrons. The molecule has 1 rings (SSSR count). The Bertz CT molecular complexity index is 477. The highest BCUT2D eigenvalue weighted by molar-refractivity contribution is 6.91. The molecule has 1 atom stereocenters. The van der Waals surface area contributed by atoms with E-state index >= 15 is 0 Å². The van der Waals surface area contributed by atoms with E-state index < -0.39 is 8.07 Å². The molecule has 0 amide bonds. The molecule has 1 aromatic carbocycles. The highest BCUT2D eigenvalue weighted by atomic mass is 28.3. The Morgan fingerprint density at radius 3 is 2.45 bits per heavy atom. The fourth-order valence-corrected chi connectivity index (χ4v) is 5.17. The van der Waals surface area contributed by atoms with Gasteiger partial charge in [-0.3, -0.25) is 0 Å². The van der Waals surface area contributed by atoms with Gasteiger partial charge in [0.2, 0.25) is 0 Å². The first-order chi connectivity index (χ1) is 9.39. The molecule has 0 aliphatic heterocycles. The highest BCUT2D eigenvalue weighted by Gasteiger charge is 2.31. The van der Waals surface area contributed by atoms with E-state index in [0.29, 0.717) is 17.7 Å². The molecule has 0 bridgehead atoms. The lowest BCUT2D eigenvalue weighted by Crippen LogP contribution is -2.45. The molecule has 1 aromatic rings. The van der Waals surface area contributed by atoms with Gasteiger partial charge in [-0.1, -0.05) is 61.3 Å². The van der Waals surface area contributed by atoms with E-state index in [1.807, 2.05) is 12.1 Å². The van der Waals surface area contributed by atoms with E-state index in [4.69, 9.17) is 4.74 Å². The third kappa shape index (κ3) is 4.20. The van der Waals surface area contributed by atoms with E-state index in [1.165, 1.54) is 5.19 Å². The van der Waals surface area contributed by atoms with Crippen molar-refractivity contribution in [2.24, 2.45) is 0 Å². The maximum Gasteiger partial charge on any atom is 0.333 e. The van der Waals surface area contributed by atoms with Crippen LogP contribution in [0, 0.1) is 0 Å². The van der Waals surface area contributed by atoms with Crippen molar-refractivity contribution < 1.29 is 9.53 Å². The fourth-order valence-electron chi connectivity index (χ4n) is 2.26. The van der Waals surface area contributed by atoms with Crippen molar-refractivity contribution in [2.45, 2.75) is 32.0 Å². The summed E-state index contributed by atoms with van der Waals surface area (Å²) in [6.45, 7) is 14.3. The Morgan fingerprint density at radius 1 is 1.35 bits per heavy atom. The van der Waals surface area contributed by atoms with E-state index in [0.717, 1.165) is 6.42 Å². The Morgan fingerprint density at radius 2 is 1.95 bits per heavy atom. The second kappa shape index (κ2) is 7.24. The minimum Gasteiger partial charge on any atom is -0.462 e. The molecule has 108 valence electrons. The van der Waals surface area contributed by atoms with Crippen molar-refractivity contribution in [3.8, 4) is 0 Å². The van der Waals surface area contributed by atoms with Gasteiger partial charge >= 0.3 is 5.97 Å². The van der Waals surface area contributed by atoms with Gasteiger partial charge < -0.3 is 4.74 Å². The van der Waals surface area contributed by atoms with Gasteiger partial charge in [0, 0.05) is 5.57 Å². The molecule has 0 heterocycles. The molecule has 0 aliphatic carbocycles. The highest BCUT2D eigenvalue weighted by Crippen LogP contribution is 2.26. The first-order valence-corrected chi connectivity index (χ1v) is 9.98. The largest absolute Gasteiger partial charge is 0.462 e. The normalized spacial score (nSPS) is 12.6. The molecular formula is C17H24O2Si. The van der Waals surface area contributed by atoms with Crippen LogP contribution in [0.15, 0.2) is 55.1 Å². The molecule has 0 aromatic heterocycles. The van der Waals surface area contributed by atoms with E-state index in [-0.39, 0.29) is 5.97 Å². The number of esters is 1. The van der Waals surface area contributed by atoms with E-state index in [9.17, 15) is 4.79 Å². The number of benzene rings is 1. The van der Waals surface area contributed by atoms with Gasteiger partial charge in [-0.15, -0.1) is 6.58 Å². The fraction of sp³-hybridized carbons (Fsp3) is 0.353. The van der Waals surface area contributed by atoms with Crippen LogP contribution in [0.5, 0.6) is 0 Å². The summed E-state index contributed by atoms with van der Waals surface area (Å²) < 4.78 is 5.20. The number of allylic oxidation sites excluding steroid dienone is 1. The van der Waals surface area contributed by atoms with Crippen molar-refractivity contribution in [3.05, 3.63) is 55.1 Å². The summed E-state index contributed by atoms with van der Waals surface area (Å²) in [5.41, 5.74) is 0.822. The van der Waals surface area contributed by atoms with Gasteiger partial charge in [0.25, 0.3) is 0 Å². The van der Waals surface area contributed by atoms with Gasteiger partial charge in [-0.05, 0) is 18.9 Å². The zero-order valence-electron chi connectivity index (χ0n) is 12.7. The first-order valence-electron chi connectivity index (χ1n) is 6.90. The second-order valence-electron chi connectivity index (χ2n) is 5.63. The Hall–Kier alpha value is -1.61. The molecule has 1 unspecified atom stereocenters. The first kappa shape index (κ1) is 16.4. The van der Waals surface area contributed by atoms with E-state index in [2.05, 4.69) is 50.5 Å². The van der Waals surface area contributed by atoms with Crippen LogP contribution in [0.2, 0.25) is 18.6 Å². The standard InChI is InChI=1S/C17H24O2Si/c1-6-15(12-13-19-17(18)14(2)3)20(4,5)16-10-8-7-9-11-16/h6-11,15H,1-2,12-13H2,3-5H3. The molecule has 0 aliphatic rings. The summed E-state index contributed by atoms with van der Waals surface area (Å²) in [5.74, 6) is -0.313. The van der Waals surface area contributed by atoms with Crippen molar-refractivity contribution in [1.82, 2.24) is 0 Å². The van der Waals surface area contributed by atoms with Crippen molar-refractivity contribution in [1.29, 1.82) is 0 Å². The molecule has 3 heteroatoms. The van der Waals surface area contributed by atoms with Crippen molar-refractivity contribution in [2.75, 3.05) is 6.61 Å².